The van der Waals surface area contributed by atoms with E-state index in [1.807, 2.05) is 32.2 Å². The number of allylic oxidation sites excluding steroid dienone is 1. The van der Waals surface area contributed by atoms with E-state index in [1.54, 1.807) is 6.08 Å². The van der Waals surface area contributed by atoms with Gasteiger partial charge < -0.3 is 8.98 Å². The Balaban J connectivity index is 2.51. The van der Waals surface area contributed by atoms with Gasteiger partial charge in [0.15, 0.2) is 0 Å². The summed E-state index contributed by atoms with van der Waals surface area (Å²) in [6.07, 6.45) is 9.56. The van der Waals surface area contributed by atoms with Gasteiger partial charge in [-0.1, -0.05) is 38.0 Å². The molecule has 2 heterocycles. The molecular formula is C20H19NO. The van der Waals surface area contributed by atoms with E-state index in [1.165, 1.54) is 0 Å². The second-order valence-electron chi connectivity index (χ2n) is 5.22. The summed E-state index contributed by atoms with van der Waals surface area (Å²) in [5.74, 6) is 0.799. The third-order valence-electron chi connectivity index (χ3n) is 4.08. The summed E-state index contributed by atoms with van der Waals surface area (Å²) in [7, 11) is 2.03. The summed E-state index contributed by atoms with van der Waals surface area (Å²) in [5, 5.41) is 2.24. The number of aromatic nitrogens is 1. The summed E-state index contributed by atoms with van der Waals surface area (Å²) in [5.41, 5.74) is 5.20. The van der Waals surface area contributed by atoms with Crippen LogP contribution in [-0.2, 0) is 7.05 Å². The maximum Gasteiger partial charge on any atom is 0.137 e. The van der Waals surface area contributed by atoms with Crippen molar-refractivity contribution in [3.63, 3.8) is 0 Å². The molecule has 0 atom stereocenters. The van der Waals surface area contributed by atoms with E-state index >= 15 is 0 Å². The Hall–Kier alpha value is -2.74. The molecule has 3 aromatic rings. The molecule has 0 N–H and O–H groups in total. The fraction of sp³-hybridized carbons (Fsp3) is 0.100. The highest BCUT2D eigenvalue weighted by molar-refractivity contribution is 6.04. The summed E-state index contributed by atoms with van der Waals surface area (Å²) in [6.45, 7) is 13.7. The van der Waals surface area contributed by atoms with E-state index in [4.69, 9.17) is 4.42 Å². The first-order valence-electron chi connectivity index (χ1n) is 7.25. The van der Waals surface area contributed by atoms with Gasteiger partial charge in [-0.15, -0.1) is 0 Å². The fourth-order valence-electron chi connectivity index (χ4n) is 3.06. The Morgan fingerprint density at radius 1 is 1.00 bits per heavy atom. The van der Waals surface area contributed by atoms with Gasteiger partial charge in [-0.3, -0.25) is 0 Å². The van der Waals surface area contributed by atoms with Crippen LogP contribution < -0.4 is 0 Å². The highest BCUT2D eigenvalue weighted by Gasteiger charge is 2.16. The zero-order valence-corrected chi connectivity index (χ0v) is 13.0. The van der Waals surface area contributed by atoms with Crippen LogP contribution in [0.1, 0.15) is 29.5 Å². The highest BCUT2D eigenvalue weighted by atomic mass is 16.3. The number of nitrogens with zero attached hydrogens (tertiary/aromatic N) is 1. The van der Waals surface area contributed by atoms with Crippen molar-refractivity contribution in [3.8, 4) is 0 Å². The Morgan fingerprint density at radius 2 is 1.77 bits per heavy atom. The second kappa shape index (κ2) is 5.23. The minimum Gasteiger partial charge on any atom is -0.456 e. The van der Waals surface area contributed by atoms with Crippen LogP contribution >= 0.6 is 0 Å². The number of rotatable bonds is 4. The Labute approximate surface area is 130 Å². The molecule has 0 spiro atoms. The highest BCUT2D eigenvalue weighted by Crippen LogP contribution is 2.35. The van der Waals surface area contributed by atoms with Gasteiger partial charge >= 0.3 is 0 Å². The molecule has 2 heteroatoms. The molecule has 0 fully saturated rings. The van der Waals surface area contributed by atoms with Crippen molar-refractivity contribution in [2.24, 2.45) is 7.05 Å². The smallest absolute Gasteiger partial charge is 0.137 e. The first kappa shape index (κ1) is 14.2. The van der Waals surface area contributed by atoms with Gasteiger partial charge in [-0.05, 0) is 25.1 Å². The van der Waals surface area contributed by atoms with Gasteiger partial charge in [0.1, 0.15) is 11.3 Å². The van der Waals surface area contributed by atoms with Crippen molar-refractivity contribution >= 4 is 46.2 Å². The average molecular weight is 289 g/mol. The monoisotopic (exact) mass is 289 g/mol. The minimum atomic E-state index is 0.799. The summed E-state index contributed by atoms with van der Waals surface area (Å²) in [6, 6.07) is 4.24. The van der Waals surface area contributed by atoms with Crippen LogP contribution in [0.4, 0.5) is 0 Å². The predicted molar refractivity (Wildman–Crippen MR) is 97.7 cm³/mol. The number of fused-ring (bicyclic) bond motifs is 2. The number of benzene rings is 1. The van der Waals surface area contributed by atoms with Crippen LogP contribution in [-0.4, -0.2) is 4.57 Å². The summed E-state index contributed by atoms with van der Waals surface area (Å²) >= 11 is 0. The zero-order valence-electron chi connectivity index (χ0n) is 13.0. The van der Waals surface area contributed by atoms with Crippen LogP contribution in [0.3, 0.4) is 0 Å². The quantitative estimate of drug-likeness (QED) is 0.586. The van der Waals surface area contributed by atoms with E-state index in [0.717, 1.165) is 44.5 Å². The molecule has 0 aliphatic rings. The molecule has 0 bridgehead atoms. The molecule has 1 aromatic carbocycles. The zero-order chi connectivity index (χ0) is 15.9. The summed E-state index contributed by atoms with van der Waals surface area (Å²) < 4.78 is 8.06. The minimum absolute atomic E-state index is 0.799. The number of hydrogen-bond acceptors (Lipinski definition) is 1. The molecule has 0 aliphatic heterocycles. The third kappa shape index (κ3) is 1.81. The lowest BCUT2D eigenvalue weighted by Gasteiger charge is -1.99. The fourth-order valence-corrected chi connectivity index (χ4v) is 3.06. The molecule has 110 valence electrons. The first-order valence-corrected chi connectivity index (χ1v) is 7.25. The number of hydrogen-bond donors (Lipinski definition) is 0. The first-order chi connectivity index (χ1) is 10.7. The van der Waals surface area contributed by atoms with Crippen LogP contribution in [0.15, 0.2) is 42.4 Å². The average Bonchev–Trinajstić information content (AvgIpc) is 3.01. The van der Waals surface area contributed by atoms with E-state index in [2.05, 4.69) is 42.5 Å². The molecule has 2 aromatic heterocycles. The SMILES string of the molecule is C=Cc1oc2cc3c(cc2c1/C=C\C)c(C=C)c(C=C)n3C. The molecule has 0 saturated heterocycles. The van der Waals surface area contributed by atoms with Crippen LogP contribution in [0, 0.1) is 0 Å². The standard InChI is InChI=1S/C20H19NO/c1-6-10-14-16-11-15-13(7-2)17(8-3)21(5)18(15)12-20(16)22-19(14)9-4/h6-12H,2-4H2,1,5H3/b10-6-. The van der Waals surface area contributed by atoms with Crippen LogP contribution in [0.25, 0.3) is 46.2 Å². The molecule has 0 amide bonds. The molecule has 0 aliphatic carbocycles. The van der Waals surface area contributed by atoms with Crippen molar-refractivity contribution in [3.05, 3.63) is 60.5 Å². The number of furan rings is 1. The maximum absolute atomic E-state index is 5.95. The van der Waals surface area contributed by atoms with Crippen molar-refractivity contribution in [1.82, 2.24) is 4.57 Å². The molecule has 0 unspecified atom stereocenters. The van der Waals surface area contributed by atoms with Gasteiger partial charge in [0.2, 0.25) is 0 Å². The van der Waals surface area contributed by atoms with E-state index in [9.17, 15) is 0 Å². The topological polar surface area (TPSA) is 18.1 Å². The Kier molecular flexibility index (Phi) is 3.38. The molecule has 0 saturated carbocycles. The van der Waals surface area contributed by atoms with E-state index < -0.39 is 0 Å². The Morgan fingerprint density at radius 3 is 2.36 bits per heavy atom. The van der Waals surface area contributed by atoms with E-state index in [-0.39, 0.29) is 0 Å². The van der Waals surface area contributed by atoms with Gasteiger partial charge in [-0.25, -0.2) is 0 Å². The van der Waals surface area contributed by atoms with Crippen LogP contribution in [0.2, 0.25) is 0 Å². The van der Waals surface area contributed by atoms with Crippen LogP contribution in [0.5, 0.6) is 0 Å². The molecule has 3 rings (SSSR count). The lowest BCUT2D eigenvalue weighted by atomic mass is 10.1. The molecule has 0 radical (unpaired) electrons. The van der Waals surface area contributed by atoms with Gasteiger partial charge in [0, 0.05) is 40.7 Å². The van der Waals surface area contributed by atoms with Gasteiger partial charge in [-0.2, -0.15) is 0 Å². The van der Waals surface area contributed by atoms with Crippen molar-refractivity contribution in [2.45, 2.75) is 6.92 Å². The van der Waals surface area contributed by atoms with E-state index in [0.29, 0.717) is 0 Å². The van der Waals surface area contributed by atoms with Crippen molar-refractivity contribution in [2.75, 3.05) is 0 Å². The maximum atomic E-state index is 5.95. The molecule has 2 nitrogen and oxygen atoms in total. The second-order valence-corrected chi connectivity index (χ2v) is 5.22. The normalized spacial score (nSPS) is 11.5. The third-order valence-corrected chi connectivity index (χ3v) is 4.08. The lowest BCUT2D eigenvalue weighted by molar-refractivity contribution is 0.604. The largest absolute Gasteiger partial charge is 0.456 e. The van der Waals surface area contributed by atoms with Gasteiger partial charge in [0.05, 0.1) is 5.52 Å². The summed E-state index contributed by atoms with van der Waals surface area (Å²) in [4.78, 5) is 0. The Bertz CT molecular complexity index is 948. The molecular weight excluding hydrogens is 270 g/mol. The lowest BCUT2D eigenvalue weighted by Crippen LogP contribution is -1.90. The number of aryl methyl sites for hydroxylation is 1. The van der Waals surface area contributed by atoms with Gasteiger partial charge in [0.25, 0.3) is 0 Å². The molecule has 22 heavy (non-hydrogen) atoms. The van der Waals surface area contributed by atoms with Crippen molar-refractivity contribution < 1.29 is 4.42 Å². The van der Waals surface area contributed by atoms with Crippen molar-refractivity contribution in [1.29, 1.82) is 0 Å². The predicted octanol–water partition coefficient (Wildman–Crippen LogP) is 5.89.